The van der Waals surface area contributed by atoms with Gasteiger partial charge in [-0.15, -0.1) is 0 Å². The fraction of sp³-hybridized carbons (Fsp3) is 0.600. The van der Waals surface area contributed by atoms with Crippen LogP contribution in [-0.2, 0) is 11.2 Å². The third-order valence-electron chi connectivity index (χ3n) is 1.89. The van der Waals surface area contributed by atoms with E-state index >= 15 is 0 Å². The molecule has 0 aliphatic rings. The molecule has 1 heterocycles. The molecule has 1 aromatic rings. The van der Waals surface area contributed by atoms with Crippen molar-refractivity contribution in [3.8, 4) is 0 Å². The standard InChI is InChI=1S/C10H14F2O2S/c11-10(12)6-14-3-1-9(13)5-8-2-4-15-7-8/h2,4,7,9-10,13H,1,3,5-6H2. The van der Waals surface area contributed by atoms with E-state index in [1.807, 2.05) is 16.8 Å². The van der Waals surface area contributed by atoms with Gasteiger partial charge in [-0.1, -0.05) is 0 Å². The Bertz CT molecular complexity index is 252. The second-order valence-electron chi connectivity index (χ2n) is 3.24. The lowest BCUT2D eigenvalue weighted by Gasteiger charge is -2.09. The summed E-state index contributed by atoms with van der Waals surface area (Å²) in [7, 11) is 0. The second-order valence-corrected chi connectivity index (χ2v) is 4.02. The number of alkyl halides is 2. The monoisotopic (exact) mass is 236 g/mol. The molecule has 15 heavy (non-hydrogen) atoms. The van der Waals surface area contributed by atoms with Gasteiger partial charge in [0.05, 0.1) is 6.10 Å². The lowest BCUT2D eigenvalue weighted by Crippen LogP contribution is -2.15. The van der Waals surface area contributed by atoms with E-state index in [9.17, 15) is 13.9 Å². The molecule has 1 unspecified atom stereocenters. The molecule has 1 N–H and O–H groups in total. The largest absolute Gasteiger partial charge is 0.393 e. The highest BCUT2D eigenvalue weighted by atomic mass is 32.1. The summed E-state index contributed by atoms with van der Waals surface area (Å²) in [6.07, 6.45) is -2.00. The SMILES string of the molecule is OC(CCOCC(F)F)Cc1ccsc1. The molecule has 0 amide bonds. The van der Waals surface area contributed by atoms with Gasteiger partial charge >= 0.3 is 0 Å². The molecule has 0 spiro atoms. The summed E-state index contributed by atoms with van der Waals surface area (Å²) in [6.45, 7) is -0.374. The predicted octanol–water partition coefficient (Wildman–Crippen LogP) is 2.32. The first-order chi connectivity index (χ1) is 7.18. The van der Waals surface area contributed by atoms with Gasteiger partial charge in [0.2, 0.25) is 0 Å². The molecule has 0 fully saturated rings. The zero-order valence-corrected chi connectivity index (χ0v) is 9.05. The normalized spacial score (nSPS) is 13.3. The van der Waals surface area contributed by atoms with Gasteiger partial charge < -0.3 is 9.84 Å². The Labute approximate surface area is 91.5 Å². The number of ether oxygens (including phenoxy) is 1. The smallest absolute Gasteiger partial charge is 0.261 e. The maximum atomic E-state index is 11.7. The summed E-state index contributed by atoms with van der Waals surface area (Å²) in [4.78, 5) is 0. The summed E-state index contributed by atoms with van der Waals surface area (Å²) in [5.41, 5.74) is 1.07. The van der Waals surface area contributed by atoms with E-state index in [4.69, 9.17) is 0 Å². The van der Waals surface area contributed by atoms with Crippen molar-refractivity contribution in [1.82, 2.24) is 0 Å². The molecule has 1 aromatic heterocycles. The molecule has 0 aliphatic carbocycles. The van der Waals surface area contributed by atoms with Gasteiger partial charge in [0.25, 0.3) is 6.43 Å². The van der Waals surface area contributed by atoms with Crippen LogP contribution >= 0.6 is 11.3 Å². The third kappa shape index (κ3) is 5.81. The Balaban J connectivity index is 2.06. The number of aliphatic hydroxyl groups is 1. The van der Waals surface area contributed by atoms with E-state index in [0.29, 0.717) is 12.8 Å². The third-order valence-corrected chi connectivity index (χ3v) is 2.62. The molecule has 1 atom stereocenters. The van der Waals surface area contributed by atoms with Crippen molar-refractivity contribution < 1.29 is 18.6 Å². The van der Waals surface area contributed by atoms with Gasteiger partial charge in [-0.05, 0) is 35.2 Å². The molecular formula is C10H14F2O2S. The number of rotatable bonds is 7. The molecule has 0 aromatic carbocycles. The molecule has 0 aliphatic heterocycles. The Morgan fingerprint density at radius 2 is 2.27 bits per heavy atom. The lowest BCUT2D eigenvalue weighted by atomic mass is 10.1. The van der Waals surface area contributed by atoms with Crippen LogP contribution in [0.4, 0.5) is 8.78 Å². The van der Waals surface area contributed by atoms with Crippen LogP contribution in [0.2, 0.25) is 0 Å². The molecule has 2 nitrogen and oxygen atoms in total. The molecule has 1 rings (SSSR count). The van der Waals surface area contributed by atoms with Crippen LogP contribution in [0.15, 0.2) is 16.8 Å². The second kappa shape index (κ2) is 6.87. The number of hydrogen-bond donors (Lipinski definition) is 1. The number of aliphatic hydroxyl groups excluding tert-OH is 1. The average Bonchev–Trinajstić information content (AvgIpc) is 2.64. The van der Waals surface area contributed by atoms with Gasteiger partial charge in [0.1, 0.15) is 6.61 Å². The van der Waals surface area contributed by atoms with Gasteiger partial charge in [-0.2, -0.15) is 11.3 Å². The maximum Gasteiger partial charge on any atom is 0.261 e. The fourth-order valence-corrected chi connectivity index (χ4v) is 1.86. The molecule has 0 saturated carbocycles. The van der Waals surface area contributed by atoms with Crippen molar-refractivity contribution >= 4 is 11.3 Å². The minimum atomic E-state index is -2.43. The molecular weight excluding hydrogens is 222 g/mol. The lowest BCUT2D eigenvalue weighted by molar-refractivity contribution is 0.00513. The Kier molecular flexibility index (Phi) is 5.75. The van der Waals surface area contributed by atoms with Crippen LogP contribution in [0, 0.1) is 0 Å². The topological polar surface area (TPSA) is 29.5 Å². The van der Waals surface area contributed by atoms with Crippen LogP contribution in [0.1, 0.15) is 12.0 Å². The summed E-state index contributed by atoms with van der Waals surface area (Å²) < 4.78 is 28.0. The van der Waals surface area contributed by atoms with Gasteiger partial charge in [-0.25, -0.2) is 8.78 Å². The molecule has 0 saturated heterocycles. The van der Waals surface area contributed by atoms with Crippen molar-refractivity contribution in [2.45, 2.75) is 25.4 Å². The van der Waals surface area contributed by atoms with Crippen LogP contribution in [0.3, 0.4) is 0 Å². The van der Waals surface area contributed by atoms with Crippen molar-refractivity contribution in [2.24, 2.45) is 0 Å². The predicted molar refractivity (Wildman–Crippen MR) is 55.5 cm³/mol. The highest BCUT2D eigenvalue weighted by Crippen LogP contribution is 2.10. The van der Waals surface area contributed by atoms with E-state index in [-0.39, 0.29) is 6.61 Å². The molecule has 86 valence electrons. The highest BCUT2D eigenvalue weighted by molar-refractivity contribution is 7.07. The van der Waals surface area contributed by atoms with E-state index in [0.717, 1.165) is 5.56 Å². The quantitative estimate of drug-likeness (QED) is 0.736. The average molecular weight is 236 g/mol. The number of thiophene rings is 1. The van der Waals surface area contributed by atoms with Crippen molar-refractivity contribution in [1.29, 1.82) is 0 Å². The van der Waals surface area contributed by atoms with Crippen LogP contribution in [0.25, 0.3) is 0 Å². The van der Waals surface area contributed by atoms with Crippen LogP contribution in [0.5, 0.6) is 0 Å². The summed E-state index contributed by atoms with van der Waals surface area (Å²) in [5.74, 6) is 0. The van der Waals surface area contributed by atoms with E-state index < -0.39 is 19.1 Å². The number of hydrogen-bond acceptors (Lipinski definition) is 3. The fourth-order valence-electron chi connectivity index (χ4n) is 1.17. The summed E-state index contributed by atoms with van der Waals surface area (Å²) in [6, 6.07) is 1.94. The zero-order valence-electron chi connectivity index (χ0n) is 8.23. The van der Waals surface area contributed by atoms with Crippen LogP contribution < -0.4 is 0 Å². The molecule has 0 bridgehead atoms. The Morgan fingerprint density at radius 3 is 2.87 bits per heavy atom. The zero-order chi connectivity index (χ0) is 11.1. The summed E-state index contributed by atoms with van der Waals surface area (Å²) in [5, 5.41) is 13.4. The van der Waals surface area contributed by atoms with Crippen molar-refractivity contribution in [2.75, 3.05) is 13.2 Å². The van der Waals surface area contributed by atoms with Crippen molar-refractivity contribution in [3.63, 3.8) is 0 Å². The first-order valence-corrected chi connectivity index (χ1v) is 5.68. The minimum absolute atomic E-state index is 0.176. The molecule has 5 heteroatoms. The van der Waals surface area contributed by atoms with E-state index in [1.54, 1.807) is 11.3 Å². The van der Waals surface area contributed by atoms with E-state index in [2.05, 4.69) is 4.74 Å². The highest BCUT2D eigenvalue weighted by Gasteiger charge is 2.07. The first-order valence-electron chi connectivity index (χ1n) is 4.73. The summed E-state index contributed by atoms with van der Waals surface area (Å²) >= 11 is 1.57. The van der Waals surface area contributed by atoms with Gasteiger partial charge in [0, 0.05) is 6.61 Å². The van der Waals surface area contributed by atoms with Gasteiger partial charge in [0.15, 0.2) is 0 Å². The molecule has 0 radical (unpaired) electrons. The first kappa shape index (κ1) is 12.5. The number of halogens is 2. The van der Waals surface area contributed by atoms with E-state index in [1.165, 1.54) is 0 Å². The Hall–Kier alpha value is -0.520. The maximum absolute atomic E-state index is 11.7. The Morgan fingerprint density at radius 1 is 1.47 bits per heavy atom. The van der Waals surface area contributed by atoms with Gasteiger partial charge in [-0.3, -0.25) is 0 Å². The minimum Gasteiger partial charge on any atom is -0.393 e. The van der Waals surface area contributed by atoms with Crippen molar-refractivity contribution in [3.05, 3.63) is 22.4 Å². The van der Waals surface area contributed by atoms with Crippen LogP contribution in [-0.4, -0.2) is 30.8 Å².